The number of hydrogen-bond acceptors (Lipinski definition) is 7. The van der Waals surface area contributed by atoms with Gasteiger partial charge in [0.1, 0.15) is 15.9 Å². The predicted molar refractivity (Wildman–Crippen MR) is 154 cm³/mol. The Morgan fingerprint density at radius 1 is 0.730 bits per heavy atom. The van der Waals surface area contributed by atoms with Gasteiger partial charge in [-0.15, -0.1) is 0 Å². The quantitative estimate of drug-likeness (QED) is 0.170. The molecule has 11 heteroatoms. The normalized spacial score (nSPS) is 12.9. The van der Waals surface area contributed by atoms with Crippen molar-refractivity contribution in [1.82, 2.24) is 5.48 Å². The summed E-state index contributed by atoms with van der Waals surface area (Å²) in [6.45, 7) is 5.93. The molecule has 37 heavy (non-hydrogen) atoms. The van der Waals surface area contributed by atoms with Gasteiger partial charge in [0.05, 0.1) is 7.92 Å². The molecule has 3 rings (SSSR count). The van der Waals surface area contributed by atoms with Gasteiger partial charge in [-0.3, -0.25) is 0 Å². The molecular weight excluding hydrogens is 602 g/mol. The second kappa shape index (κ2) is 18.4. The number of hydrogen-bond donors (Lipinski definition) is 1. The van der Waals surface area contributed by atoms with Crippen molar-refractivity contribution in [2.24, 2.45) is 10.3 Å². The minimum Gasteiger partial charge on any atom is -0.0620 e. The Morgan fingerprint density at radius 3 is 1.30 bits per heavy atom. The fourth-order valence-corrected chi connectivity index (χ4v) is 6.25. The van der Waals surface area contributed by atoms with Crippen LogP contribution in [0, 0.1) is 20.8 Å². The van der Waals surface area contributed by atoms with E-state index in [1.165, 1.54) is 36.7 Å². The summed E-state index contributed by atoms with van der Waals surface area (Å²) in [5.41, 5.74) is 2.54. The predicted octanol–water partition coefficient (Wildman–Crippen LogP) is 5.34. The second-order valence-corrected chi connectivity index (χ2v) is 11.5. The summed E-state index contributed by atoms with van der Waals surface area (Å²) in [5.74, 6) is 0. The van der Waals surface area contributed by atoms with Crippen LogP contribution in [0.1, 0.15) is 27.7 Å². The molecule has 0 aromatic heterocycles. The van der Waals surface area contributed by atoms with Crippen molar-refractivity contribution in [3.63, 3.8) is 0 Å². The van der Waals surface area contributed by atoms with E-state index in [0.29, 0.717) is 14.8 Å². The molecule has 0 aliphatic heterocycles. The van der Waals surface area contributed by atoms with Gasteiger partial charge in [0, 0.05) is 11.4 Å². The van der Waals surface area contributed by atoms with E-state index < -0.39 is 23.9 Å². The fraction of sp³-hybridized carbons (Fsp3) is 0.154. The third-order valence-corrected chi connectivity index (χ3v) is 9.12. The first kappa shape index (κ1) is 32.2. The maximum atomic E-state index is 10.7. The van der Waals surface area contributed by atoms with E-state index in [-0.39, 0.29) is 11.4 Å². The van der Waals surface area contributed by atoms with Gasteiger partial charge in [-0.25, -0.2) is 0 Å². The van der Waals surface area contributed by atoms with E-state index in [1.54, 1.807) is 12.4 Å². The van der Waals surface area contributed by atoms with Crippen LogP contribution < -0.4 is 21.4 Å². The zero-order chi connectivity index (χ0) is 27.6. The summed E-state index contributed by atoms with van der Waals surface area (Å²) in [6, 6.07) is 32.5. The summed E-state index contributed by atoms with van der Waals surface area (Å²) in [4.78, 5) is 0. The zero-order valence-electron chi connectivity index (χ0n) is 20.8. The SMILES string of the molecule is CC(=N[O-])C(C)=N[O-].CC(N[O-])=C(C)[N+]([O-])=[Rh][Cl].c1ccc([PH+](c2ccccc2)c2ccccc2)cc1. The van der Waals surface area contributed by atoms with Crippen molar-refractivity contribution in [3.05, 3.63) is 123 Å². The van der Waals surface area contributed by atoms with Gasteiger partial charge < -0.3 is 20.7 Å². The Kier molecular flexibility index (Phi) is 16.1. The average Bonchev–Trinajstić information content (AvgIpc) is 2.97. The monoisotopic (exact) mass is 630 g/mol. The molecular formula is C26H29ClN4O4PRh-2. The van der Waals surface area contributed by atoms with Crippen LogP contribution in [0.5, 0.6) is 0 Å². The van der Waals surface area contributed by atoms with Crippen molar-refractivity contribution >= 4 is 44.9 Å². The van der Waals surface area contributed by atoms with Crippen LogP contribution in [0.25, 0.3) is 0 Å². The minimum atomic E-state index is -0.877. The smallest absolute Gasteiger partial charge is 0.0620 e. The number of allylic oxidation sites excluding steroid dienone is 2. The Balaban J connectivity index is 0.000000322. The summed E-state index contributed by atoms with van der Waals surface area (Å²) in [5, 5.41) is 49.2. The van der Waals surface area contributed by atoms with Crippen LogP contribution in [0.2, 0.25) is 0 Å². The summed E-state index contributed by atoms with van der Waals surface area (Å²) < 4.78 is 0.600. The third kappa shape index (κ3) is 11.4. The molecule has 1 N–H and O–H groups in total. The topological polar surface area (TPSA) is 132 Å². The number of rotatable bonds is 6. The summed E-state index contributed by atoms with van der Waals surface area (Å²) in [7, 11) is 4.39. The van der Waals surface area contributed by atoms with Gasteiger partial charge >= 0.3 is 70.2 Å². The summed E-state index contributed by atoms with van der Waals surface area (Å²) in [6.07, 6.45) is 0. The van der Waals surface area contributed by atoms with Crippen molar-refractivity contribution in [2.75, 3.05) is 0 Å². The third-order valence-electron chi connectivity index (χ3n) is 4.98. The molecule has 0 fully saturated rings. The molecule has 0 heterocycles. The number of halogens is 1. The first-order valence-corrected chi connectivity index (χ1v) is 15.3. The van der Waals surface area contributed by atoms with Gasteiger partial charge in [-0.1, -0.05) is 54.6 Å². The van der Waals surface area contributed by atoms with Crippen molar-refractivity contribution < 1.29 is 19.4 Å². The van der Waals surface area contributed by atoms with E-state index >= 15 is 0 Å². The minimum absolute atomic E-state index is 0.139. The van der Waals surface area contributed by atoms with Crippen LogP contribution in [0.3, 0.4) is 0 Å². The molecule has 8 nitrogen and oxygen atoms in total. The van der Waals surface area contributed by atoms with Gasteiger partial charge in [-0.05, 0) is 50.2 Å². The van der Waals surface area contributed by atoms with Crippen LogP contribution >= 0.6 is 17.6 Å². The molecule has 0 spiro atoms. The van der Waals surface area contributed by atoms with Gasteiger partial charge in [-0.2, -0.15) is 0 Å². The molecule has 0 bridgehead atoms. The second-order valence-electron chi connectivity index (χ2n) is 7.42. The molecule has 0 aliphatic carbocycles. The molecule has 0 saturated heterocycles. The maximum Gasteiger partial charge on any atom is 0.102 e. The van der Waals surface area contributed by atoms with Crippen molar-refractivity contribution in [2.45, 2.75) is 27.7 Å². The maximum absolute atomic E-state index is 10.7. The fourth-order valence-electron chi connectivity index (χ4n) is 2.69. The first-order valence-electron chi connectivity index (χ1n) is 10.9. The summed E-state index contributed by atoms with van der Waals surface area (Å²) >= 11 is -0.709. The molecule has 0 amide bonds. The largest absolute Gasteiger partial charge is 0.102 e. The van der Waals surface area contributed by atoms with E-state index in [4.69, 9.17) is 9.69 Å². The molecule has 0 atom stereocenters. The molecule has 0 radical (unpaired) electrons. The Hall–Kier alpha value is -2.80. The van der Waals surface area contributed by atoms with Crippen molar-refractivity contribution in [3.8, 4) is 0 Å². The number of nitrogens with zero attached hydrogens (tertiary/aromatic N) is 3. The van der Waals surface area contributed by atoms with E-state index in [9.17, 15) is 20.8 Å². The molecule has 3 aromatic carbocycles. The first-order chi connectivity index (χ1) is 17.8. The standard InChI is InChI=1S/C18H15P.C4H8N2O2.C4H7N2O2.ClH.Rh/c1-4-10-16(11-5-1)19(17-12-6-2-7-13-17)18-14-8-3-9-15-18;2*1-3(5-7)4(2)6-8;;/h1-15H;7-8H,1-2H3;5H,1-2H3;1H;/q;;-1;;+1/p-2. The number of benzene rings is 3. The Morgan fingerprint density at radius 2 is 1.05 bits per heavy atom. The van der Waals surface area contributed by atoms with E-state index in [1.807, 2.05) is 0 Å². The van der Waals surface area contributed by atoms with Crippen LogP contribution in [0.15, 0.2) is 113 Å². The Labute approximate surface area is 230 Å². The zero-order valence-corrected chi connectivity index (χ0v) is 24.2. The van der Waals surface area contributed by atoms with Crippen molar-refractivity contribution in [1.29, 1.82) is 0 Å². The number of hydroxylamine groups is 2. The molecule has 200 valence electrons. The van der Waals surface area contributed by atoms with Gasteiger partial charge in [0.25, 0.3) is 0 Å². The van der Waals surface area contributed by atoms with E-state index in [2.05, 4.69) is 101 Å². The molecule has 0 unspecified atom stereocenters. The molecule has 0 aliphatic rings. The number of nitrogens with one attached hydrogen (secondary N) is 1. The van der Waals surface area contributed by atoms with E-state index in [0.717, 1.165) is 0 Å². The van der Waals surface area contributed by atoms with Crippen LogP contribution in [-0.2, 0) is 15.9 Å². The molecule has 0 saturated carbocycles. The van der Waals surface area contributed by atoms with Crippen LogP contribution in [-0.4, -0.2) is 14.9 Å². The average molecular weight is 631 g/mol. The molecule has 3 aromatic rings. The van der Waals surface area contributed by atoms with Gasteiger partial charge in [0.2, 0.25) is 0 Å². The van der Waals surface area contributed by atoms with Gasteiger partial charge in [0.15, 0.2) is 0 Å². The van der Waals surface area contributed by atoms with Crippen LogP contribution in [0.4, 0.5) is 0 Å². The Bertz CT molecular complexity index is 1090.